The van der Waals surface area contributed by atoms with Crippen molar-refractivity contribution in [1.29, 1.82) is 0 Å². The van der Waals surface area contributed by atoms with Crippen molar-refractivity contribution in [2.75, 3.05) is 43.6 Å². The van der Waals surface area contributed by atoms with E-state index in [0.29, 0.717) is 25.9 Å². The summed E-state index contributed by atoms with van der Waals surface area (Å²) in [4.78, 5) is 21.1. The average molecular weight is 468 g/mol. The average Bonchev–Trinajstić information content (AvgIpc) is 2.78. The van der Waals surface area contributed by atoms with Crippen LogP contribution < -0.4 is 15.8 Å². The number of ether oxygens (including phenoxy) is 1. The number of methoxy groups -OCH3 is 1. The van der Waals surface area contributed by atoms with E-state index in [1.54, 1.807) is 0 Å². The van der Waals surface area contributed by atoms with Crippen molar-refractivity contribution in [3.8, 4) is 5.75 Å². The third-order valence-corrected chi connectivity index (χ3v) is 7.17. The van der Waals surface area contributed by atoms with Crippen molar-refractivity contribution in [3.63, 3.8) is 0 Å². The number of piperidine rings is 1. The molecule has 4 N–H and O–H groups in total. The molecule has 174 valence electrons. The molecule has 32 heavy (non-hydrogen) atoms. The number of carbonyl (C=O) groups is 1. The number of aromatic nitrogens is 2. The Morgan fingerprint density at radius 2 is 2.06 bits per heavy atom. The number of sulfonamides is 1. The van der Waals surface area contributed by atoms with Crippen LogP contribution in [0.4, 0.5) is 16.2 Å². The number of aliphatic hydroxyl groups is 1. The summed E-state index contributed by atoms with van der Waals surface area (Å²) in [5.74, 6) is -0.871. The van der Waals surface area contributed by atoms with Gasteiger partial charge in [-0.05, 0) is 37.5 Å². The number of hydrogen-bond acceptors (Lipinski definition) is 9. The van der Waals surface area contributed by atoms with Crippen molar-refractivity contribution < 1.29 is 27.4 Å². The summed E-state index contributed by atoms with van der Waals surface area (Å²) in [6.45, 7) is 0.522. The lowest BCUT2D eigenvalue weighted by atomic mass is 10.0. The number of hydrogen-bond donors (Lipinski definition) is 3. The first-order valence-electron chi connectivity index (χ1n) is 10.1. The molecule has 0 atom stereocenters. The van der Waals surface area contributed by atoms with Crippen LogP contribution in [0.15, 0.2) is 24.4 Å². The van der Waals surface area contributed by atoms with Crippen LogP contribution in [0.2, 0.25) is 0 Å². The number of rotatable bonds is 9. The van der Waals surface area contributed by atoms with E-state index >= 15 is 0 Å². The summed E-state index contributed by atoms with van der Waals surface area (Å²) in [5, 5.41) is 12.0. The highest BCUT2D eigenvalue weighted by Crippen LogP contribution is 2.25. The van der Waals surface area contributed by atoms with E-state index in [0.717, 1.165) is 6.07 Å². The fourth-order valence-electron chi connectivity index (χ4n) is 3.48. The Hall–Kier alpha value is -2.83. The molecule has 0 bridgehead atoms. The molecule has 0 aliphatic carbocycles. The SMILES string of the molecule is COc1ccc(F)cc1C(=O)c1cnc(NC2CCN(S(=O)(=O)CCCO)CC2)nc1N. The minimum absolute atomic E-state index is 0.0123. The van der Waals surface area contributed by atoms with Crippen LogP contribution in [-0.4, -0.2) is 72.2 Å². The lowest BCUT2D eigenvalue weighted by molar-refractivity contribution is 0.103. The zero-order chi connectivity index (χ0) is 23.3. The van der Waals surface area contributed by atoms with Gasteiger partial charge in [-0.2, -0.15) is 4.98 Å². The highest BCUT2D eigenvalue weighted by Gasteiger charge is 2.28. The number of halogens is 1. The van der Waals surface area contributed by atoms with E-state index in [1.807, 2.05) is 0 Å². The van der Waals surface area contributed by atoms with Gasteiger partial charge in [0.05, 0.1) is 24.0 Å². The molecule has 2 aromatic rings. The van der Waals surface area contributed by atoms with E-state index in [-0.39, 0.29) is 53.5 Å². The highest BCUT2D eigenvalue weighted by atomic mass is 32.2. The molecule has 1 aromatic carbocycles. The van der Waals surface area contributed by atoms with Crippen LogP contribution in [0.1, 0.15) is 35.2 Å². The van der Waals surface area contributed by atoms with Gasteiger partial charge in [-0.25, -0.2) is 22.1 Å². The molecular weight excluding hydrogens is 441 g/mol. The number of carbonyl (C=O) groups excluding carboxylic acids is 1. The van der Waals surface area contributed by atoms with Gasteiger partial charge in [0.15, 0.2) is 0 Å². The zero-order valence-corrected chi connectivity index (χ0v) is 18.4. The minimum Gasteiger partial charge on any atom is -0.496 e. The number of aliphatic hydroxyl groups excluding tert-OH is 1. The van der Waals surface area contributed by atoms with Crippen LogP contribution in [0.3, 0.4) is 0 Å². The molecule has 1 fully saturated rings. The van der Waals surface area contributed by atoms with Gasteiger partial charge in [-0.3, -0.25) is 4.79 Å². The number of anilines is 2. The highest BCUT2D eigenvalue weighted by molar-refractivity contribution is 7.89. The maximum absolute atomic E-state index is 13.6. The second kappa shape index (κ2) is 10.2. The summed E-state index contributed by atoms with van der Waals surface area (Å²) < 4.78 is 44.6. The van der Waals surface area contributed by atoms with E-state index in [9.17, 15) is 17.6 Å². The van der Waals surface area contributed by atoms with Gasteiger partial charge < -0.3 is 20.9 Å². The molecule has 0 amide bonds. The Labute approximate surface area is 185 Å². The largest absolute Gasteiger partial charge is 0.496 e. The predicted molar refractivity (Wildman–Crippen MR) is 117 cm³/mol. The number of nitrogen functional groups attached to an aromatic ring is 1. The molecule has 0 unspecified atom stereocenters. The van der Waals surface area contributed by atoms with Gasteiger partial charge in [0.2, 0.25) is 21.8 Å². The van der Waals surface area contributed by atoms with Crippen molar-refractivity contribution in [2.45, 2.75) is 25.3 Å². The second-order valence-corrected chi connectivity index (χ2v) is 9.47. The van der Waals surface area contributed by atoms with Gasteiger partial charge in [-0.1, -0.05) is 0 Å². The number of nitrogens with zero attached hydrogens (tertiary/aromatic N) is 3. The maximum Gasteiger partial charge on any atom is 0.224 e. The fraction of sp³-hybridized carbons (Fsp3) is 0.450. The van der Waals surface area contributed by atoms with Gasteiger partial charge in [0.25, 0.3) is 0 Å². The Bertz CT molecular complexity index is 1070. The van der Waals surface area contributed by atoms with Crippen molar-refractivity contribution >= 4 is 27.6 Å². The van der Waals surface area contributed by atoms with Gasteiger partial charge in [0, 0.05) is 31.9 Å². The Morgan fingerprint density at radius 1 is 1.34 bits per heavy atom. The molecule has 1 aliphatic heterocycles. The van der Waals surface area contributed by atoms with Crippen molar-refractivity contribution in [2.24, 2.45) is 0 Å². The number of benzene rings is 1. The molecule has 1 aliphatic rings. The fourth-order valence-corrected chi connectivity index (χ4v) is 5.00. The maximum atomic E-state index is 13.6. The Kier molecular flexibility index (Phi) is 7.59. The van der Waals surface area contributed by atoms with Crippen LogP contribution >= 0.6 is 0 Å². The van der Waals surface area contributed by atoms with Crippen LogP contribution in [0, 0.1) is 5.82 Å². The molecule has 1 aromatic heterocycles. The number of nitrogens with one attached hydrogen (secondary N) is 1. The zero-order valence-electron chi connectivity index (χ0n) is 17.6. The monoisotopic (exact) mass is 467 g/mol. The van der Waals surface area contributed by atoms with E-state index in [4.69, 9.17) is 15.6 Å². The third-order valence-electron chi connectivity index (χ3n) is 5.21. The predicted octanol–water partition coefficient (Wildman–Crippen LogP) is 1.03. The molecular formula is C20H26FN5O5S. The summed E-state index contributed by atoms with van der Waals surface area (Å²) in [7, 11) is -2.00. The summed E-state index contributed by atoms with van der Waals surface area (Å²) >= 11 is 0. The van der Waals surface area contributed by atoms with Gasteiger partial charge in [0.1, 0.15) is 17.4 Å². The number of nitrogens with two attached hydrogens (primary N) is 1. The van der Waals surface area contributed by atoms with Gasteiger partial charge in [-0.15, -0.1) is 0 Å². The minimum atomic E-state index is -3.38. The van der Waals surface area contributed by atoms with Crippen molar-refractivity contribution in [3.05, 3.63) is 41.3 Å². The molecule has 10 nitrogen and oxygen atoms in total. The molecule has 0 radical (unpaired) electrons. The molecule has 1 saturated heterocycles. The second-order valence-electron chi connectivity index (χ2n) is 7.38. The third kappa shape index (κ3) is 5.50. The van der Waals surface area contributed by atoms with Crippen molar-refractivity contribution in [1.82, 2.24) is 14.3 Å². The first-order chi connectivity index (χ1) is 15.2. The quantitative estimate of drug-likeness (QED) is 0.460. The van der Waals surface area contributed by atoms with E-state index < -0.39 is 21.6 Å². The lowest BCUT2D eigenvalue weighted by Gasteiger charge is -2.31. The molecule has 12 heteroatoms. The summed E-state index contributed by atoms with van der Waals surface area (Å²) in [6.07, 6.45) is 2.57. The molecule has 3 rings (SSSR count). The topological polar surface area (TPSA) is 148 Å². The first-order valence-corrected chi connectivity index (χ1v) is 11.7. The van der Waals surface area contributed by atoms with Crippen LogP contribution in [0.5, 0.6) is 5.75 Å². The van der Waals surface area contributed by atoms with E-state index in [1.165, 1.54) is 29.7 Å². The molecule has 0 saturated carbocycles. The standard InChI is InChI=1S/C20H26FN5O5S/c1-31-17-4-3-13(21)11-15(17)18(28)16-12-23-20(25-19(16)22)24-14-5-7-26(8-6-14)32(29,30)10-2-9-27/h3-4,11-12,14,27H,2,5-10H2,1H3,(H3,22,23,24,25). The van der Waals surface area contributed by atoms with Crippen LogP contribution in [0.25, 0.3) is 0 Å². The van der Waals surface area contributed by atoms with Gasteiger partial charge >= 0.3 is 0 Å². The summed E-state index contributed by atoms with van der Waals surface area (Å²) in [5.41, 5.74) is 6.00. The Morgan fingerprint density at radius 3 is 2.69 bits per heavy atom. The van der Waals surface area contributed by atoms with Crippen LogP contribution in [-0.2, 0) is 10.0 Å². The first kappa shape index (κ1) is 23.8. The molecule has 2 heterocycles. The van der Waals surface area contributed by atoms with E-state index in [2.05, 4.69) is 15.3 Å². The Balaban J connectivity index is 1.66. The normalized spacial score (nSPS) is 15.5. The lowest BCUT2D eigenvalue weighted by Crippen LogP contribution is -2.43. The molecule has 0 spiro atoms. The number of ketones is 1. The smallest absolute Gasteiger partial charge is 0.224 e. The summed E-state index contributed by atoms with van der Waals surface area (Å²) in [6, 6.07) is 3.54.